The van der Waals surface area contributed by atoms with Crippen molar-refractivity contribution in [3.8, 4) is 0 Å². The number of benzene rings is 1. The second-order valence-electron chi connectivity index (χ2n) is 9.03. The van der Waals surface area contributed by atoms with Gasteiger partial charge in [0, 0.05) is 50.8 Å². The van der Waals surface area contributed by atoms with Crippen molar-refractivity contribution >= 4 is 45.0 Å². The summed E-state index contributed by atoms with van der Waals surface area (Å²) in [7, 11) is -0.394. The summed E-state index contributed by atoms with van der Waals surface area (Å²) in [4.78, 5) is 40.0. The fraction of sp³-hybridized carbons (Fsp3) is 0.385. The number of piperazine rings is 1. The number of esters is 1. The standard InChI is InChI=1S/C26H32N6O4S2/c1-18(2)22-23(37-26(29-22)32-15-13-31(14-16-32)19-9-11-27-12-10-19)24(33)28-17-21(25(34)36-3)30-38(35)20-7-5-4-6-8-20/h4-12,18,21,30H,13-17H2,1-3H3,(H,28,33)/t21-,38?/m0/s1. The first-order chi connectivity index (χ1) is 18.4. The molecule has 38 heavy (non-hydrogen) atoms. The first-order valence-corrected chi connectivity index (χ1v) is 14.3. The number of amides is 1. The van der Waals surface area contributed by atoms with Gasteiger partial charge < -0.3 is 19.9 Å². The number of nitrogens with one attached hydrogen (secondary N) is 2. The highest BCUT2D eigenvalue weighted by atomic mass is 32.2. The van der Waals surface area contributed by atoms with Crippen LogP contribution in [0, 0.1) is 0 Å². The van der Waals surface area contributed by atoms with Gasteiger partial charge in [0.2, 0.25) is 0 Å². The summed E-state index contributed by atoms with van der Waals surface area (Å²) < 4.78 is 20.3. The highest BCUT2D eigenvalue weighted by molar-refractivity contribution is 7.83. The number of carbonyl (C=O) groups excluding carboxylic acids is 2. The zero-order valence-corrected chi connectivity index (χ0v) is 23.3. The number of rotatable bonds is 10. The van der Waals surface area contributed by atoms with E-state index < -0.39 is 23.0 Å². The lowest BCUT2D eigenvalue weighted by Gasteiger charge is -2.35. The van der Waals surface area contributed by atoms with Gasteiger partial charge in [0.15, 0.2) is 5.13 Å². The second kappa shape index (κ2) is 12.9. The van der Waals surface area contributed by atoms with E-state index in [4.69, 9.17) is 9.72 Å². The Kier molecular flexibility index (Phi) is 9.43. The number of methoxy groups -OCH3 is 1. The van der Waals surface area contributed by atoms with E-state index >= 15 is 0 Å². The minimum atomic E-state index is -1.65. The normalized spacial score (nSPS) is 15.3. The molecule has 0 aliphatic carbocycles. The van der Waals surface area contributed by atoms with Crippen molar-refractivity contribution in [3.63, 3.8) is 0 Å². The number of anilines is 2. The summed E-state index contributed by atoms with van der Waals surface area (Å²) in [6.45, 7) is 7.17. The third kappa shape index (κ3) is 6.74. The quantitative estimate of drug-likeness (QED) is 0.366. The van der Waals surface area contributed by atoms with Crippen LogP contribution in [-0.2, 0) is 20.5 Å². The Labute approximate surface area is 229 Å². The maximum atomic E-state index is 13.2. The molecule has 2 N–H and O–H groups in total. The first-order valence-electron chi connectivity index (χ1n) is 12.4. The molecule has 0 spiro atoms. The van der Waals surface area contributed by atoms with Crippen LogP contribution in [0.1, 0.15) is 35.1 Å². The maximum absolute atomic E-state index is 13.2. The largest absolute Gasteiger partial charge is 0.468 e. The van der Waals surface area contributed by atoms with Gasteiger partial charge in [0.05, 0.1) is 17.7 Å². The topological polar surface area (TPSA) is 117 Å². The molecule has 12 heteroatoms. The van der Waals surface area contributed by atoms with Crippen LogP contribution >= 0.6 is 11.3 Å². The second-order valence-corrected chi connectivity index (χ2v) is 11.3. The number of carbonyl (C=O) groups is 2. The van der Waals surface area contributed by atoms with Gasteiger partial charge in [-0.05, 0) is 30.2 Å². The van der Waals surface area contributed by atoms with Crippen LogP contribution in [0.4, 0.5) is 10.8 Å². The van der Waals surface area contributed by atoms with Gasteiger partial charge in [-0.2, -0.15) is 0 Å². The highest BCUT2D eigenvalue weighted by Gasteiger charge is 2.27. The highest BCUT2D eigenvalue weighted by Crippen LogP contribution is 2.32. The van der Waals surface area contributed by atoms with Crippen molar-refractivity contribution in [2.45, 2.75) is 30.7 Å². The predicted molar refractivity (Wildman–Crippen MR) is 149 cm³/mol. The summed E-state index contributed by atoms with van der Waals surface area (Å²) in [6, 6.07) is 11.8. The molecule has 1 aromatic carbocycles. The van der Waals surface area contributed by atoms with Crippen molar-refractivity contribution in [2.75, 3.05) is 49.6 Å². The Bertz CT molecular complexity index is 1250. The number of aromatic nitrogens is 2. The average molecular weight is 557 g/mol. The third-order valence-electron chi connectivity index (χ3n) is 6.13. The van der Waals surface area contributed by atoms with Gasteiger partial charge in [-0.15, -0.1) is 0 Å². The lowest BCUT2D eigenvalue weighted by Crippen LogP contribution is -2.47. The predicted octanol–water partition coefficient (Wildman–Crippen LogP) is 2.57. The van der Waals surface area contributed by atoms with E-state index in [2.05, 4.69) is 24.8 Å². The van der Waals surface area contributed by atoms with Crippen LogP contribution in [0.5, 0.6) is 0 Å². The van der Waals surface area contributed by atoms with Gasteiger partial charge in [-0.25, -0.2) is 13.9 Å². The molecule has 2 aromatic heterocycles. The molecule has 1 amide bonds. The van der Waals surface area contributed by atoms with Crippen molar-refractivity contribution in [1.29, 1.82) is 0 Å². The van der Waals surface area contributed by atoms with E-state index in [0.717, 1.165) is 42.7 Å². The number of thiazole rings is 1. The number of hydrogen-bond donors (Lipinski definition) is 2. The number of nitrogens with zero attached hydrogens (tertiary/aromatic N) is 4. The van der Waals surface area contributed by atoms with Crippen molar-refractivity contribution in [3.05, 3.63) is 65.4 Å². The van der Waals surface area contributed by atoms with E-state index in [1.807, 2.05) is 32.0 Å². The van der Waals surface area contributed by atoms with E-state index in [-0.39, 0.29) is 18.4 Å². The molecule has 0 bridgehead atoms. The first kappa shape index (κ1) is 27.7. The van der Waals surface area contributed by atoms with E-state index in [1.165, 1.54) is 18.4 Å². The molecule has 0 radical (unpaired) electrons. The molecule has 1 fully saturated rings. The molecular weight excluding hydrogens is 524 g/mol. The van der Waals surface area contributed by atoms with Gasteiger partial charge in [-0.3, -0.25) is 14.6 Å². The summed E-state index contributed by atoms with van der Waals surface area (Å²) in [5.41, 5.74) is 1.86. The van der Waals surface area contributed by atoms with Crippen LogP contribution in [0.25, 0.3) is 0 Å². The van der Waals surface area contributed by atoms with E-state index in [1.54, 1.807) is 36.7 Å². The summed E-state index contributed by atoms with van der Waals surface area (Å²) >= 11 is 1.35. The lowest BCUT2D eigenvalue weighted by molar-refractivity contribution is -0.142. The molecule has 1 aliphatic rings. The molecule has 1 aliphatic heterocycles. The van der Waals surface area contributed by atoms with Crippen LogP contribution in [0.3, 0.4) is 0 Å². The lowest BCUT2D eigenvalue weighted by atomic mass is 10.1. The molecule has 2 atom stereocenters. The zero-order chi connectivity index (χ0) is 27.1. The number of pyridine rings is 1. The Morgan fingerprint density at radius 1 is 1.05 bits per heavy atom. The van der Waals surface area contributed by atoms with Crippen molar-refractivity contribution in [1.82, 2.24) is 20.0 Å². The molecule has 0 saturated carbocycles. The summed E-state index contributed by atoms with van der Waals surface area (Å²) in [5.74, 6) is -0.899. The van der Waals surface area contributed by atoms with Crippen molar-refractivity contribution < 1.29 is 18.5 Å². The molecule has 3 aromatic rings. The van der Waals surface area contributed by atoms with E-state index in [9.17, 15) is 13.8 Å². The average Bonchev–Trinajstić information content (AvgIpc) is 3.42. The Balaban J connectivity index is 1.42. The van der Waals surface area contributed by atoms with Gasteiger partial charge in [0.1, 0.15) is 21.9 Å². The van der Waals surface area contributed by atoms with Crippen LogP contribution in [0.2, 0.25) is 0 Å². The Morgan fingerprint density at radius 3 is 2.34 bits per heavy atom. The molecule has 1 unspecified atom stereocenters. The number of ether oxygens (including phenoxy) is 1. The van der Waals surface area contributed by atoms with Gasteiger partial charge >= 0.3 is 5.97 Å². The van der Waals surface area contributed by atoms with E-state index in [0.29, 0.717) is 9.77 Å². The van der Waals surface area contributed by atoms with Crippen LogP contribution in [0.15, 0.2) is 59.8 Å². The SMILES string of the molecule is COC(=O)[C@H](CNC(=O)c1sc(N2CCN(c3ccncc3)CC2)nc1C(C)C)NS(=O)c1ccccc1. The molecule has 202 valence electrons. The van der Waals surface area contributed by atoms with Crippen LogP contribution in [-0.4, -0.2) is 71.9 Å². The minimum absolute atomic E-state index is 0.0407. The van der Waals surface area contributed by atoms with Gasteiger partial charge in [-0.1, -0.05) is 43.4 Å². The summed E-state index contributed by atoms with van der Waals surface area (Å²) in [5, 5.41) is 3.62. The maximum Gasteiger partial charge on any atom is 0.325 e. The summed E-state index contributed by atoms with van der Waals surface area (Å²) in [6.07, 6.45) is 3.59. The molecular formula is C26H32N6O4S2. The fourth-order valence-corrected chi connectivity index (χ4v) is 6.22. The Hall–Kier alpha value is -3.35. The minimum Gasteiger partial charge on any atom is -0.468 e. The smallest absolute Gasteiger partial charge is 0.325 e. The molecule has 4 rings (SSSR count). The van der Waals surface area contributed by atoms with Crippen LogP contribution < -0.4 is 19.8 Å². The third-order valence-corrected chi connectivity index (χ3v) is 8.46. The Morgan fingerprint density at radius 2 is 1.71 bits per heavy atom. The zero-order valence-electron chi connectivity index (χ0n) is 21.6. The molecule has 10 nitrogen and oxygen atoms in total. The van der Waals surface area contributed by atoms with Crippen molar-refractivity contribution in [2.24, 2.45) is 0 Å². The molecule has 1 saturated heterocycles. The monoisotopic (exact) mass is 556 g/mol. The molecule has 3 heterocycles. The number of hydrogen-bond acceptors (Lipinski definition) is 9. The fourth-order valence-electron chi connectivity index (χ4n) is 4.05. The van der Waals surface area contributed by atoms with Gasteiger partial charge in [0.25, 0.3) is 5.91 Å².